The summed E-state index contributed by atoms with van der Waals surface area (Å²) in [5, 5.41) is 5.49. The van der Waals surface area contributed by atoms with Gasteiger partial charge in [0.2, 0.25) is 0 Å². The summed E-state index contributed by atoms with van der Waals surface area (Å²) < 4.78 is 14.0. The van der Waals surface area contributed by atoms with E-state index in [1.54, 1.807) is 0 Å². The van der Waals surface area contributed by atoms with Crippen molar-refractivity contribution < 1.29 is 8.83 Å². The van der Waals surface area contributed by atoms with E-state index in [9.17, 15) is 0 Å². The first-order valence-corrected chi connectivity index (χ1v) is 28.8. The molecule has 0 saturated heterocycles. The second-order valence-electron chi connectivity index (χ2n) is 22.5. The number of fused-ring (bicyclic) bond motifs is 9. The normalized spacial score (nSPS) is 14.7. The Morgan fingerprint density at radius 2 is 0.963 bits per heavy atom. The van der Waals surface area contributed by atoms with Gasteiger partial charge in [-0.2, -0.15) is 0 Å². The lowest BCUT2D eigenvalue weighted by molar-refractivity contribution is 0.577. The maximum absolute atomic E-state index is 7.03. The van der Waals surface area contributed by atoms with Crippen LogP contribution in [0.4, 0.5) is 28.4 Å². The first kappa shape index (κ1) is 49.2. The van der Waals surface area contributed by atoms with E-state index in [1.807, 2.05) is 0 Å². The molecule has 2 aromatic heterocycles. The second kappa shape index (κ2) is 20.0. The van der Waals surface area contributed by atoms with Gasteiger partial charge in [0.05, 0.1) is 0 Å². The molecule has 0 bridgehead atoms. The molecule has 0 fully saturated rings. The summed E-state index contributed by atoms with van der Waals surface area (Å²) in [7, 11) is 0. The summed E-state index contributed by atoms with van der Waals surface area (Å²) in [5.74, 6) is 1.09. The molecule has 0 aliphatic heterocycles. The number of benzene rings is 10. The van der Waals surface area contributed by atoms with Crippen LogP contribution >= 0.6 is 0 Å². The molecule has 3 aliphatic carbocycles. The molecule has 15 rings (SSSR count). The van der Waals surface area contributed by atoms with Crippen molar-refractivity contribution in [1.82, 2.24) is 0 Å². The van der Waals surface area contributed by atoms with E-state index in [4.69, 9.17) is 8.83 Å². The molecular weight excluding hydrogens is 997 g/mol. The van der Waals surface area contributed by atoms with Gasteiger partial charge in [0.15, 0.2) is 11.2 Å². The Morgan fingerprint density at radius 3 is 1.55 bits per heavy atom. The summed E-state index contributed by atoms with van der Waals surface area (Å²) in [5.41, 5.74) is 26.1. The Hall–Kier alpha value is -9.90. The zero-order valence-corrected chi connectivity index (χ0v) is 46.6. The molecule has 82 heavy (non-hydrogen) atoms. The fraction of sp³-hybridized carbons (Fsp3) is 0.103. The molecule has 4 nitrogen and oxygen atoms in total. The third-order valence-corrected chi connectivity index (χ3v) is 17.3. The van der Waals surface area contributed by atoms with Crippen molar-refractivity contribution in [2.75, 3.05) is 9.80 Å². The maximum atomic E-state index is 7.03. The van der Waals surface area contributed by atoms with Crippen LogP contribution in [0.3, 0.4) is 0 Å². The lowest BCUT2D eigenvalue weighted by Gasteiger charge is -2.33. The van der Waals surface area contributed by atoms with Crippen molar-refractivity contribution in [1.29, 1.82) is 0 Å². The van der Waals surface area contributed by atoms with E-state index < -0.39 is 0 Å². The number of nitrogens with zero attached hydrogens (tertiary/aromatic N) is 2. The van der Waals surface area contributed by atoms with Crippen molar-refractivity contribution in [2.24, 2.45) is 5.92 Å². The van der Waals surface area contributed by atoms with Gasteiger partial charge in [-0.05, 0) is 209 Å². The summed E-state index contributed by atoms with van der Waals surface area (Å²) >= 11 is 0. The Morgan fingerprint density at radius 1 is 0.415 bits per heavy atom. The van der Waals surface area contributed by atoms with Gasteiger partial charge >= 0.3 is 0 Å². The van der Waals surface area contributed by atoms with Crippen LogP contribution in [0.15, 0.2) is 263 Å². The highest BCUT2D eigenvalue weighted by Crippen LogP contribution is 2.48. The van der Waals surface area contributed by atoms with Crippen molar-refractivity contribution in [3.8, 4) is 33.4 Å². The fourth-order valence-corrected chi connectivity index (χ4v) is 12.8. The molecule has 12 aromatic rings. The van der Waals surface area contributed by atoms with E-state index in [2.05, 4.69) is 286 Å². The topological polar surface area (TPSA) is 32.8 Å². The van der Waals surface area contributed by atoms with Crippen LogP contribution in [-0.2, 0) is 6.42 Å². The Kier molecular flexibility index (Phi) is 12.0. The number of hydrogen-bond acceptors (Lipinski definition) is 4. The van der Waals surface area contributed by atoms with Gasteiger partial charge in [-0.1, -0.05) is 170 Å². The SMILES string of the molecule is Cc1ccc(-c2ccccc2)cc1N(C1=CC2=Cc3oc4c(ccc5c6cc7ccc(N(c8cc(C9=CCCC=C9)ccc8C)c8cc(-c9ccccc9)ccc8C)cc7cc6oc54)c3CC2C=C1)c1cc(-c2ccccc2)ccc1C. The lowest BCUT2D eigenvalue weighted by atomic mass is 9.82. The second-order valence-corrected chi connectivity index (χ2v) is 22.5. The van der Waals surface area contributed by atoms with Gasteiger partial charge in [-0.15, -0.1) is 0 Å². The van der Waals surface area contributed by atoms with Gasteiger partial charge in [0.1, 0.15) is 11.3 Å². The van der Waals surface area contributed by atoms with Crippen LogP contribution < -0.4 is 9.80 Å². The van der Waals surface area contributed by atoms with Crippen LogP contribution in [0.1, 0.15) is 52.0 Å². The van der Waals surface area contributed by atoms with E-state index in [-0.39, 0.29) is 5.92 Å². The first-order valence-electron chi connectivity index (χ1n) is 28.8. The minimum Gasteiger partial charge on any atom is -0.452 e. The monoisotopic (exact) mass is 1060 g/mol. The summed E-state index contributed by atoms with van der Waals surface area (Å²) in [6.45, 7) is 8.89. The third kappa shape index (κ3) is 8.62. The fourth-order valence-electron chi connectivity index (χ4n) is 12.8. The van der Waals surface area contributed by atoms with E-state index in [1.165, 1.54) is 77.9 Å². The highest BCUT2D eigenvalue weighted by Gasteiger charge is 2.30. The smallest absolute Gasteiger partial charge is 0.178 e. The summed E-state index contributed by atoms with van der Waals surface area (Å²) in [4.78, 5) is 4.92. The van der Waals surface area contributed by atoms with E-state index in [0.29, 0.717) is 0 Å². The van der Waals surface area contributed by atoms with Crippen molar-refractivity contribution in [3.05, 3.63) is 293 Å². The lowest BCUT2D eigenvalue weighted by Crippen LogP contribution is -2.21. The van der Waals surface area contributed by atoms with Crippen LogP contribution in [0, 0.1) is 33.6 Å². The Balaban J connectivity index is 0.829. The van der Waals surface area contributed by atoms with Gasteiger partial charge in [-0.3, -0.25) is 0 Å². The molecule has 4 heteroatoms. The number of aryl methyl sites for hydroxylation is 4. The predicted octanol–water partition coefficient (Wildman–Crippen LogP) is 21.8. The summed E-state index contributed by atoms with van der Waals surface area (Å²) in [6.07, 6.45) is 19.3. The number of allylic oxidation sites excluding steroid dienone is 8. The average molecular weight is 1060 g/mol. The number of rotatable bonds is 10. The van der Waals surface area contributed by atoms with E-state index >= 15 is 0 Å². The molecule has 1 atom stereocenters. The van der Waals surface area contributed by atoms with Gasteiger partial charge in [0.25, 0.3) is 0 Å². The number of anilines is 5. The Labute approximate surface area is 479 Å². The minimum absolute atomic E-state index is 0.190. The molecule has 0 spiro atoms. The molecule has 0 amide bonds. The van der Waals surface area contributed by atoms with Crippen LogP contribution in [0.5, 0.6) is 0 Å². The summed E-state index contributed by atoms with van der Waals surface area (Å²) in [6, 6.07) is 75.4. The average Bonchev–Trinajstić information content (AvgIpc) is 3.77. The van der Waals surface area contributed by atoms with Crippen LogP contribution in [0.25, 0.3) is 88.7 Å². The molecular formula is C78H60N2O2. The van der Waals surface area contributed by atoms with Crippen molar-refractivity contribution >= 4 is 83.8 Å². The molecule has 0 N–H and O–H groups in total. The van der Waals surface area contributed by atoms with Gasteiger partial charge in [0, 0.05) is 61.8 Å². The quantitative estimate of drug-likeness (QED) is 0.137. The number of furan rings is 2. The van der Waals surface area contributed by atoms with Crippen molar-refractivity contribution in [3.63, 3.8) is 0 Å². The molecule has 0 saturated carbocycles. The molecule has 10 aromatic carbocycles. The largest absolute Gasteiger partial charge is 0.452 e. The molecule has 3 aliphatic rings. The number of hydrogen-bond donors (Lipinski definition) is 0. The van der Waals surface area contributed by atoms with Gasteiger partial charge < -0.3 is 18.6 Å². The maximum Gasteiger partial charge on any atom is 0.178 e. The zero-order chi connectivity index (χ0) is 55.0. The highest BCUT2D eigenvalue weighted by atomic mass is 16.4. The zero-order valence-electron chi connectivity index (χ0n) is 46.6. The van der Waals surface area contributed by atoms with Crippen LogP contribution in [0.2, 0.25) is 0 Å². The molecule has 0 radical (unpaired) electrons. The van der Waals surface area contributed by atoms with Crippen molar-refractivity contribution in [2.45, 2.75) is 47.0 Å². The minimum atomic E-state index is 0.190. The molecule has 394 valence electrons. The third-order valence-electron chi connectivity index (χ3n) is 17.3. The molecule has 1 unspecified atom stereocenters. The molecule has 2 heterocycles. The standard InChI is InChI=1S/C78H60N2O2/c1-49-25-29-59(53-17-9-5-10-18-53)43-71(49)79(72-44-60(30-26-50(72)2)54-19-11-6-12-20-54)65-35-33-57-41-69-67-37-38-68-70-42-58-34-36-66(40-64(58)48-76(70)82-78(68)77(67)81-75(69)47-63(57)39-65)80(73-45-61(31-27-51(73)3)55-21-13-7-14-22-55)74-46-62(32-28-52(74)4)56-23-15-8-16-24-56/h5-7,9-15,17-40,42-48,57H,8,16,41H2,1-4H3. The van der Waals surface area contributed by atoms with Crippen LogP contribution in [-0.4, -0.2) is 0 Å². The predicted molar refractivity (Wildman–Crippen MR) is 345 cm³/mol. The highest BCUT2D eigenvalue weighted by molar-refractivity contribution is 6.17. The first-order chi connectivity index (χ1) is 40.3. The Bertz CT molecular complexity index is 4610. The van der Waals surface area contributed by atoms with E-state index in [0.717, 1.165) is 103 Å². The van der Waals surface area contributed by atoms with Gasteiger partial charge in [-0.25, -0.2) is 0 Å².